The van der Waals surface area contributed by atoms with Gasteiger partial charge in [0.05, 0.1) is 5.92 Å². The van der Waals surface area contributed by atoms with Crippen molar-refractivity contribution in [2.45, 2.75) is 58.3 Å². The fourth-order valence-corrected chi connectivity index (χ4v) is 2.51. The quantitative estimate of drug-likeness (QED) is 0.431. The fraction of sp³-hybridized carbons (Fsp3) is 0.500. The monoisotopic (exact) mass is 316 g/mol. The van der Waals surface area contributed by atoms with Gasteiger partial charge in [0.2, 0.25) is 0 Å². The van der Waals surface area contributed by atoms with Crippen LogP contribution in [-0.4, -0.2) is 16.9 Å². The van der Waals surface area contributed by atoms with Crippen molar-refractivity contribution in [2.75, 3.05) is 0 Å². The van der Waals surface area contributed by atoms with Crippen LogP contribution in [0.2, 0.25) is 0 Å². The molecule has 1 rings (SSSR count). The van der Waals surface area contributed by atoms with Crippen molar-refractivity contribution in [3.63, 3.8) is 0 Å². The molecule has 0 spiro atoms. The number of hydrogen-bond donors (Lipinski definition) is 1. The number of unbranched alkanes of at least 4 members (excludes halogenated alkanes) is 4. The van der Waals surface area contributed by atoms with Crippen LogP contribution in [0, 0.1) is 5.92 Å². The van der Waals surface area contributed by atoms with Gasteiger partial charge in [0.1, 0.15) is 0 Å². The van der Waals surface area contributed by atoms with Crippen molar-refractivity contribution in [3.8, 4) is 0 Å². The van der Waals surface area contributed by atoms with Crippen molar-refractivity contribution >= 4 is 11.8 Å². The van der Waals surface area contributed by atoms with E-state index in [9.17, 15) is 9.59 Å². The van der Waals surface area contributed by atoms with Gasteiger partial charge in [-0.2, -0.15) is 0 Å². The number of carbonyl (C=O) groups is 2. The van der Waals surface area contributed by atoms with E-state index in [4.69, 9.17) is 5.11 Å². The number of carbonyl (C=O) groups excluding carboxylic acids is 1. The Morgan fingerprint density at radius 2 is 1.91 bits per heavy atom. The lowest BCUT2D eigenvalue weighted by Crippen LogP contribution is -2.07. The molecule has 0 aromatic rings. The summed E-state index contributed by atoms with van der Waals surface area (Å²) in [4.78, 5) is 22.3. The van der Waals surface area contributed by atoms with Crippen LogP contribution < -0.4 is 0 Å². The second-order valence-corrected chi connectivity index (χ2v) is 5.87. The lowest BCUT2D eigenvalue weighted by molar-refractivity contribution is -0.137. The maximum absolute atomic E-state index is 11.9. The molecule has 0 unspecified atom stereocenters. The number of ketones is 1. The summed E-state index contributed by atoms with van der Waals surface area (Å²) in [5, 5.41) is 8.57. The van der Waals surface area contributed by atoms with Crippen LogP contribution in [0.4, 0.5) is 0 Å². The summed E-state index contributed by atoms with van der Waals surface area (Å²) in [6.07, 6.45) is 20.9. The zero-order valence-electron chi connectivity index (χ0n) is 14.0. The predicted molar refractivity (Wildman–Crippen MR) is 94.2 cm³/mol. The Labute approximate surface area is 139 Å². The minimum atomic E-state index is -0.760. The van der Waals surface area contributed by atoms with E-state index in [1.165, 1.54) is 19.3 Å². The highest BCUT2D eigenvalue weighted by Crippen LogP contribution is 2.25. The topological polar surface area (TPSA) is 54.4 Å². The first kappa shape index (κ1) is 19.1. The smallest absolute Gasteiger partial charge is 0.303 e. The molecule has 0 bridgehead atoms. The third-order valence-electron chi connectivity index (χ3n) is 3.88. The standard InChI is InChI=1S/C20H28O3/c1-2-3-4-5-6-9-12-17-15-16-19(21)18(17)13-10-7-8-11-14-20(22)23/h6-7,9-10,12,15-16,18H,2-5,8,11,13-14H2,1H3,(H,22,23)/b9-6+,10-7-,17-12-/t18-/m1/s1. The van der Waals surface area contributed by atoms with Gasteiger partial charge in [0, 0.05) is 6.42 Å². The van der Waals surface area contributed by atoms with Gasteiger partial charge in [-0.25, -0.2) is 0 Å². The zero-order chi connectivity index (χ0) is 16.9. The number of hydrogen-bond acceptors (Lipinski definition) is 2. The zero-order valence-corrected chi connectivity index (χ0v) is 14.0. The summed E-state index contributed by atoms with van der Waals surface area (Å²) in [7, 11) is 0. The minimum absolute atomic E-state index is 0.0778. The van der Waals surface area contributed by atoms with Gasteiger partial charge in [-0.1, -0.05) is 56.2 Å². The molecule has 1 aliphatic rings. The summed E-state index contributed by atoms with van der Waals surface area (Å²) in [6.45, 7) is 2.19. The molecular weight excluding hydrogens is 288 g/mol. The average Bonchev–Trinajstić information content (AvgIpc) is 2.86. The van der Waals surface area contributed by atoms with E-state index in [0.29, 0.717) is 12.8 Å². The average molecular weight is 316 g/mol. The lowest BCUT2D eigenvalue weighted by Gasteiger charge is -2.07. The van der Waals surface area contributed by atoms with E-state index < -0.39 is 5.97 Å². The van der Waals surface area contributed by atoms with E-state index in [1.807, 2.05) is 24.3 Å². The summed E-state index contributed by atoms with van der Waals surface area (Å²) in [5.74, 6) is -0.679. The van der Waals surface area contributed by atoms with Crippen LogP contribution in [0.15, 0.2) is 48.1 Å². The highest BCUT2D eigenvalue weighted by Gasteiger charge is 2.22. The second kappa shape index (κ2) is 11.6. The van der Waals surface area contributed by atoms with Gasteiger partial charge < -0.3 is 5.11 Å². The molecule has 0 radical (unpaired) electrons. The van der Waals surface area contributed by atoms with E-state index in [1.54, 1.807) is 6.08 Å². The van der Waals surface area contributed by atoms with Gasteiger partial charge in [-0.15, -0.1) is 0 Å². The molecule has 1 N–H and O–H groups in total. The largest absolute Gasteiger partial charge is 0.481 e. The number of allylic oxidation sites excluding steroid dienone is 8. The molecule has 0 aliphatic heterocycles. The Morgan fingerprint density at radius 3 is 2.65 bits per heavy atom. The Hall–Kier alpha value is -1.90. The maximum atomic E-state index is 11.9. The summed E-state index contributed by atoms with van der Waals surface area (Å²) in [6, 6.07) is 0. The molecule has 1 atom stereocenters. The van der Waals surface area contributed by atoms with Crippen molar-refractivity contribution in [1.82, 2.24) is 0 Å². The van der Waals surface area contributed by atoms with Crippen LogP contribution in [0.3, 0.4) is 0 Å². The van der Waals surface area contributed by atoms with Gasteiger partial charge in [0.25, 0.3) is 0 Å². The fourth-order valence-electron chi connectivity index (χ4n) is 2.51. The summed E-state index contributed by atoms with van der Waals surface area (Å²) >= 11 is 0. The Balaban J connectivity index is 2.38. The van der Waals surface area contributed by atoms with Gasteiger partial charge in [-0.05, 0) is 43.8 Å². The first-order valence-corrected chi connectivity index (χ1v) is 8.60. The van der Waals surface area contributed by atoms with Crippen LogP contribution >= 0.6 is 0 Å². The first-order valence-electron chi connectivity index (χ1n) is 8.60. The van der Waals surface area contributed by atoms with E-state index in [2.05, 4.69) is 19.1 Å². The number of rotatable bonds is 11. The highest BCUT2D eigenvalue weighted by molar-refractivity contribution is 5.98. The second-order valence-electron chi connectivity index (χ2n) is 5.87. The minimum Gasteiger partial charge on any atom is -0.481 e. The Morgan fingerprint density at radius 1 is 1.13 bits per heavy atom. The van der Waals surface area contributed by atoms with Crippen molar-refractivity contribution in [1.29, 1.82) is 0 Å². The SMILES string of the molecule is CCCCC/C=C/C=C1/C=CC(=O)[C@@H]1C/C=C\CCCC(=O)O. The molecular formula is C20H28O3. The maximum Gasteiger partial charge on any atom is 0.303 e. The van der Waals surface area contributed by atoms with Gasteiger partial charge >= 0.3 is 5.97 Å². The van der Waals surface area contributed by atoms with Gasteiger partial charge in [0.15, 0.2) is 5.78 Å². The van der Waals surface area contributed by atoms with Crippen LogP contribution in [-0.2, 0) is 9.59 Å². The number of carboxylic acid groups (broad SMARTS) is 1. The number of aliphatic carboxylic acids is 1. The van der Waals surface area contributed by atoms with Crippen LogP contribution in [0.5, 0.6) is 0 Å². The molecule has 0 amide bonds. The van der Waals surface area contributed by atoms with Gasteiger partial charge in [-0.3, -0.25) is 9.59 Å². The van der Waals surface area contributed by atoms with E-state index >= 15 is 0 Å². The molecule has 0 fully saturated rings. The van der Waals surface area contributed by atoms with Crippen molar-refractivity contribution < 1.29 is 14.7 Å². The molecule has 0 aromatic heterocycles. The number of carboxylic acids is 1. The molecule has 1 aliphatic carbocycles. The first-order chi connectivity index (χ1) is 11.1. The lowest BCUT2D eigenvalue weighted by atomic mass is 9.96. The van der Waals surface area contributed by atoms with E-state index in [-0.39, 0.29) is 18.1 Å². The molecule has 126 valence electrons. The third kappa shape index (κ3) is 8.34. The third-order valence-corrected chi connectivity index (χ3v) is 3.88. The van der Waals surface area contributed by atoms with E-state index in [0.717, 1.165) is 18.4 Å². The molecule has 23 heavy (non-hydrogen) atoms. The predicted octanol–water partition coefficient (Wildman–Crippen LogP) is 5.01. The molecule has 3 heteroatoms. The Bertz CT molecular complexity index is 495. The van der Waals surface area contributed by atoms with Crippen molar-refractivity contribution in [2.24, 2.45) is 5.92 Å². The molecule has 3 nitrogen and oxygen atoms in total. The van der Waals surface area contributed by atoms with Crippen molar-refractivity contribution in [3.05, 3.63) is 48.1 Å². The summed E-state index contributed by atoms with van der Waals surface area (Å²) in [5.41, 5.74) is 1.07. The highest BCUT2D eigenvalue weighted by atomic mass is 16.4. The molecule has 0 saturated heterocycles. The molecule has 0 saturated carbocycles. The summed E-state index contributed by atoms with van der Waals surface area (Å²) < 4.78 is 0. The van der Waals surface area contributed by atoms with Crippen LogP contribution in [0.1, 0.15) is 58.3 Å². The normalized spacial score (nSPS) is 19.6. The molecule has 0 aromatic carbocycles. The van der Waals surface area contributed by atoms with Crippen LogP contribution in [0.25, 0.3) is 0 Å². The molecule has 0 heterocycles. The Kier molecular flexibility index (Phi) is 9.69.